The van der Waals surface area contributed by atoms with Gasteiger partial charge in [0.05, 0.1) is 6.61 Å². The maximum absolute atomic E-state index is 10.7. The van der Waals surface area contributed by atoms with Crippen molar-refractivity contribution < 1.29 is 19.0 Å². The monoisotopic (exact) mass is 236 g/mol. The summed E-state index contributed by atoms with van der Waals surface area (Å²) in [6, 6.07) is 10.0. The SMILES string of the molecule is CC(=O)OCC1COC(Cc2ccccc2)O1. The summed E-state index contributed by atoms with van der Waals surface area (Å²) >= 11 is 0. The molecule has 0 N–H and O–H groups in total. The first-order chi connectivity index (χ1) is 8.24. The second-order valence-corrected chi connectivity index (χ2v) is 4.01. The number of hydrogen-bond acceptors (Lipinski definition) is 4. The Kier molecular flexibility index (Phi) is 4.12. The molecule has 2 atom stereocenters. The van der Waals surface area contributed by atoms with E-state index in [2.05, 4.69) is 0 Å². The van der Waals surface area contributed by atoms with Crippen molar-refractivity contribution in [1.29, 1.82) is 0 Å². The zero-order chi connectivity index (χ0) is 12.1. The quantitative estimate of drug-likeness (QED) is 0.744. The van der Waals surface area contributed by atoms with Gasteiger partial charge in [0.1, 0.15) is 12.7 Å². The third-order valence-corrected chi connectivity index (χ3v) is 2.53. The highest BCUT2D eigenvalue weighted by Gasteiger charge is 2.26. The Morgan fingerprint density at radius 3 is 2.88 bits per heavy atom. The summed E-state index contributed by atoms with van der Waals surface area (Å²) in [6.45, 7) is 2.13. The van der Waals surface area contributed by atoms with Crippen LogP contribution in [-0.4, -0.2) is 31.6 Å². The average molecular weight is 236 g/mol. The number of rotatable bonds is 4. The van der Waals surface area contributed by atoms with Crippen LogP contribution in [0, 0.1) is 0 Å². The van der Waals surface area contributed by atoms with E-state index in [0.717, 1.165) is 6.42 Å². The third kappa shape index (κ3) is 3.84. The van der Waals surface area contributed by atoms with Gasteiger partial charge in [-0.2, -0.15) is 0 Å². The molecule has 2 unspecified atom stereocenters. The van der Waals surface area contributed by atoms with Gasteiger partial charge in [0.2, 0.25) is 0 Å². The number of esters is 1. The molecule has 1 aliphatic heterocycles. The Hall–Kier alpha value is -1.39. The van der Waals surface area contributed by atoms with Gasteiger partial charge in [-0.3, -0.25) is 4.79 Å². The van der Waals surface area contributed by atoms with Crippen LogP contribution in [0.15, 0.2) is 30.3 Å². The van der Waals surface area contributed by atoms with E-state index in [1.807, 2.05) is 30.3 Å². The lowest BCUT2D eigenvalue weighted by atomic mass is 10.1. The number of carbonyl (C=O) groups excluding carboxylic acids is 1. The Labute approximate surface area is 100 Å². The molecule has 1 saturated heterocycles. The van der Waals surface area contributed by atoms with Crippen LogP contribution >= 0.6 is 0 Å². The lowest BCUT2D eigenvalue weighted by molar-refractivity contribution is -0.145. The van der Waals surface area contributed by atoms with Crippen LogP contribution in [0.2, 0.25) is 0 Å². The van der Waals surface area contributed by atoms with Crippen molar-refractivity contribution in [1.82, 2.24) is 0 Å². The summed E-state index contributed by atoms with van der Waals surface area (Å²) < 4.78 is 16.0. The molecule has 0 saturated carbocycles. The number of benzene rings is 1. The van der Waals surface area contributed by atoms with Crippen molar-refractivity contribution in [2.75, 3.05) is 13.2 Å². The molecule has 4 nitrogen and oxygen atoms in total. The molecule has 2 rings (SSSR count). The van der Waals surface area contributed by atoms with Gasteiger partial charge in [0, 0.05) is 13.3 Å². The summed E-state index contributed by atoms with van der Waals surface area (Å²) in [4.78, 5) is 10.7. The molecule has 0 bridgehead atoms. The Morgan fingerprint density at radius 2 is 2.18 bits per heavy atom. The Morgan fingerprint density at radius 1 is 1.41 bits per heavy atom. The molecule has 1 aromatic carbocycles. The fourth-order valence-electron chi connectivity index (χ4n) is 1.72. The topological polar surface area (TPSA) is 44.8 Å². The fourth-order valence-corrected chi connectivity index (χ4v) is 1.72. The van der Waals surface area contributed by atoms with Crippen LogP contribution in [0.5, 0.6) is 0 Å². The van der Waals surface area contributed by atoms with Gasteiger partial charge < -0.3 is 14.2 Å². The van der Waals surface area contributed by atoms with Gasteiger partial charge in [-0.05, 0) is 5.56 Å². The molecule has 0 amide bonds. The molecule has 4 heteroatoms. The highest BCUT2D eigenvalue weighted by atomic mass is 16.7. The van der Waals surface area contributed by atoms with Crippen molar-refractivity contribution in [2.45, 2.75) is 25.7 Å². The van der Waals surface area contributed by atoms with Crippen LogP contribution < -0.4 is 0 Å². The Balaban J connectivity index is 1.76. The van der Waals surface area contributed by atoms with E-state index in [4.69, 9.17) is 14.2 Å². The van der Waals surface area contributed by atoms with Crippen molar-refractivity contribution >= 4 is 5.97 Å². The van der Waals surface area contributed by atoms with E-state index in [1.165, 1.54) is 12.5 Å². The van der Waals surface area contributed by atoms with Crippen molar-refractivity contribution in [3.8, 4) is 0 Å². The maximum atomic E-state index is 10.7. The third-order valence-electron chi connectivity index (χ3n) is 2.53. The molecule has 0 aliphatic carbocycles. The first kappa shape index (κ1) is 12.1. The lowest BCUT2D eigenvalue weighted by Gasteiger charge is -2.11. The molecule has 1 aromatic rings. The molecular weight excluding hydrogens is 220 g/mol. The minimum atomic E-state index is -0.292. The number of carbonyl (C=O) groups is 1. The van der Waals surface area contributed by atoms with E-state index in [0.29, 0.717) is 6.61 Å². The lowest BCUT2D eigenvalue weighted by Crippen LogP contribution is -2.21. The summed E-state index contributed by atoms with van der Waals surface area (Å²) in [7, 11) is 0. The predicted molar refractivity (Wildman–Crippen MR) is 61.4 cm³/mol. The van der Waals surface area contributed by atoms with Gasteiger partial charge >= 0.3 is 5.97 Å². The van der Waals surface area contributed by atoms with Crippen molar-refractivity contribution in [3.63, 3.8) is 0 Å². The van der Waals surface area contributed by atoms with E-state index in [9.17, 15) is 4.79 Å². The van der Waals surface area contributed by atoms with Crippen LogP contribution in [0.4, 0.5) is 0 Å². The van der Waals surface area contributed by atoms with Crippen LogP contribution in [-0.2, 0) is 25.4 Å². The standard InChI is InChI=1S/C13H16O4/c1-10(14)15-8-12-9-16-13(17-12)7-11-5-3-2-4-6-11/h2-6,12-13H,7-9H2,1H3. The summed E-state index contributed by atoms with van der Waals surface area (Å²) in [5.74, 6) is -0.292. The first-order valence-corrected chi connectivity index (χ1v) is 5.68. The summed E-state index contributed by atoms with van der Waals surface area (Å²) in [5.41, 5.74) is 1.17. The highest BCUT2D eigenvalue weighted by Crippen LogP contribution is 2.16. The van der Waals surface area contributed by atoms with Crippen molar-refractivity contribution in [3.05, 3.63) is 35.9 Å². The zero-order valence-electron chi connectivity index (χ0n) is 9.80. The zero-order valence-corrected chi connectivity index (χ0v) is 9.80. The minimum Gasteiger partial charge on any atom is -0.463 e. The van der Waals surface area contributed by atoms with Crippen molar-refractivity contribution in [2.24, 2.45) is 0 Å². The van der Waals surface area contributed by atoms with Crippen LogP contribution in [0.3, 0.4) is 0 Å². The smallest absolute Gasteiger partial charge is 0.302 e. The molecule has 0 radical (unpaired) electrons. The molecule has 17 heavy (non-hydrogen) atoms. The predicted octanol–water partition coefficient (Wildman–Crippen LogP) is 1.53. The molecule has 1 fully saturated rings. The molecule has 0 aromatic heterocycles. The number of hydrogen-bond donors (Lipinski definition) is 0. The Bertz CT molecular complexity index is 363. The van der Waals surface area contributed by atoms with Gasteiger partial charge in [0.25, 0.3) is 0 Å². The van der Waals surface area contributed by atoms with Gasteiger partial charge in [-0.1, -0.05) is 30.3 Å². The second kappa shape index (κ2) is 5.80. The summed E-state index contributed by atoms with van der Waals surface area (Å²) in [6.07, 6.45) is 0.336. The number of ether oxygens (including phenoxy) is 3. The van der Waals surface area contributed by atoms with E-state index < -0.39 is 0 Å². The molecular formula is C13H16O4. The van der Waals surface area contributed by atoms with E-state index in [-0.39, 0.29) is 25.0 Å². The average Bonchev–Trinajstić information content (AvgIpc) is 2.75. The second-order valence-electron chi connectivity index (χ2n) is 4.01. The summed E-state index contributed by atoms with van der Waals surface area (Å²) in [5, 5.41) is 0. The van der Waals surface area contributed by atoms with Crippen LogP contribution in [0.25, 0.3) is 0 Å². The van der Waals surface area contributed by atoms with Crippen LogP contribution in [0.1, 0.15) is 12.5 Å². The van der Waals surface area contributed by atoms with E-state index >= 15 is 0 Å². The maximum Gasteiger partial charge on any atom is 0.302 e. The fraction of sp³-hybridized carbons (Fsp3) is 0.462. The molecule has 1 heterocycles. The van der Waals surface area contributed by atoms with Gasteiger partial charge in [0.15, 0.2) is 6.29 Å². The molecule has 1 aliphatic rings. The van der Waals surface area contributed by atoms with Gasteiger partial charge in [-0.25, -0.2) is 0 Å². The first-order valence-electron chi connectivity index (χ1n) is 5.68. The molecule has 92 valence electrons. The van der Waals surface area contributed by atoms with E-state index in [1.54, 1.807) is 0 Å². The largest absolute Gasteiger partial charge is 0.463 e. The minimum absolute atomic E-state index is 0.146. The highest BCUT2D eigenvalue weighted by molar-refractivity contribution is 5.65. The normalized spacial score (nSPS) is 23.6. The molecule has 0 spiro atoms. The van der Waals surface area contributed by atoms with Gasteiger partial charge in [-0.15, -0.1) is 0 Å².